The molecule has 0 radical (unpaired) electrons. The molecule has 1 rings (SSSR count). The summed E-state index contributed by atoms with van der Waals surface area (Å²) in [5.41, 5.74) is 6.60. The Bertz CT molecular complexity index is 266. The first-order valence-electron chi connectivity index (χ1n) is 4.42. The molecule has 1 atom stereocenters. The van der Waals surface area contributed by atoms with Gasteiger partial charge in [0.25, 0.3) is 0 Å². The number of phenols is 2. The molecule has 0 heterocycles. The zero-order valence-corrected chi connectivity index (χ0v) is 7.70. The maximum Gasteiger partial charge on any atom is 0.119 e. The van der Waals surface area contributed by atoms with E-state index in [1.165, 1.54) is 6.07 Å². The zero-order chi connectivity index (χ0) is 9.84. The monoisotopic (exact) mass is 181 g/mol. The molecule has 4 N–H and O–H groups in total. The van der Waals surface area contributed by atoms with Gasteiger partial charge in [-0.2, -0.15) is 0 Å². The average molecular weight is 181 g/mol. The first-order valence-corrected chi connectivity index (χ1v) is 4.42. The molecule has 0 fully saturated rings. The highest BCUT2D eigenvalue weighted by Gasteiger charge is 2.06. The van der Waals surface area contributed by atoms with Gasteiger partial charge in [0.05, 0.1) is 0 Å². The molecule has 3 heteroatoms. The summed E-state index contributed by atoms with van der Waals surface area (Å²) in [6.45, 7) is 2.04. The first-order chi connectivity index (χ1) is 6.13. The van der Waals surface area contributed by atoms with Gasteiger partial charge >= 0.3 is 0 Å². The third kappa shape index (κ3) is 2.63. The highest BCUT2D eigenvalue weighted by atomic mass is 16.3. The Morgan fingerprint density at radius 1 is 1.23 bits per heavy atom. The quantitative estimate of drug-likeness (QED) is 0.667. The number of phenolic OH excluding ortho intramolecular Hbond substituents is 2. The summed E-state index contributed by atoms with van der Waals surface area (Å²) in [6.07, 6.45) is 1.83. The summed E-state index contributed by atoms with van der Waals surface area (Å²) in [5.74, 6) is 0.114. The SMILES string of the molecule is CCC[C@H](N)c1cc(O)cc(O)c1. The van der Waals surface area contributed by atoms with Crippen LogP contribution in [0, 0.1) is 0 Å². The van der Waals surface area contributed by atoms with Crippen molar-refractivity contribution >= 4 is 0 Å². The maximum atomic E-state index is 9.20. The van der Waals surface area contributed by atoms with Crippen molar-refractivity contribution in [3.8, 4) is 11.5 Å². The van der Waals surface area contributed by atoms with E-state index < -0.39 is 0 Å². The molecular formula is C10H15NO2. The second-order valence-electron chi connectivity index (χ2n) is 3.18. The minimum absolute atomic E-state index is 0.0570. The van der Waals surface area contributed by atoms with E-state index in [4.69, 9.17) is 5.73 Å². The Kier molecular flexibility index (Phi) is 3.14. The van der Waals surface area contributed by atoms with E-state index in [0.717, 1.165) is 18.4 Å². The molecule has 0 aliphatic carbocycles. The Hall–Kier alpha value is -1.22. The third-order valence-electron chi connectivity index (χ3n) is 1.95. The second kappa shape index (κ2) is 4.14. The van der Waals surface area contributed by atoms with Crippen LogP contribution in [-0.2, 0) is 0 Å². The van der Waals surface area contributed by atoms with Crippen LogP contribution in [0.2, 0.25) is 0 Å². The molecule has 0 aliphatic heterocycles. The summed E-state index contributed by atoms with van der Waals surface area (Å²) in [5, 5.41) is 18.4. The third-order valence-corrected chi connectivity index (χ3v) is 1.95. The van der Waals surface area contributed by atoms with Crippen LogP contribution >= 0.6 is 0 Å². The largest absolute Gasteiger partial charge is 0.508 e. The van der Waals surface area contributed by atoms with Gasteiger partial charge in [-0.15, -0.1) is 0 Å². The molecule has 0 aliphatic rings. The Morgan fingerprint density at radius 3 is 2.23 bits per heavy atom. The molecule has 0 aromatic heterocycles. The molecule has 3 nitrogen and oxygen atoms in total. The normalized spacial score (nSPS) is 12.8. The molecule has 0 saturated heterocycles. The predicted octanol–water partition coefficient (Wildman–Crippen LogP) is 1.90. The van der Waals surface area contributed by atoms with Crippen molar-refractivity contribution in [2.45, 2.75) is 25.8 Å². The van der Waals surface area contributed by atoms with Gasteiger partial charge in [-0.3, -0.25) is 0 Å². The molecule has 1 aromatic carbocycles. The Labute approximate surface area is 77.8 Å². The fourth-order valence-corrected chi connectivity index (χ4v) is 1.31. The van der Waals surface area contributed by atoms with Gasteiger partial charge in [0.1, 0.15) is 11.5 Å². The van der Waals surface area contributed by atoms with Gasteiger partial charge in [-0.05, 0) is 24.1 Å². The van der Waals surface area contributed by atoms with Crippen molar-refractivity contribution in [2.75, 3.05) is 0 Å². The van der Waals surface area contributed by atoms with Crippen LogP contribution in [0.1, 0.15) is 31.4 Å². The molecule has 1 aromatic rings. The number of hydrogen-bond donors (Lipinski definition) is 3. The lowest BCUT2D eigenvalue weighted by Gasteiger charge is -2.11. The number of benzene rings is 1. The molecule has 72 valence electrons. The van der Waals surface area contributed by atoms with Gasteiger partial charge in [-0.1, -0.05) is 13.3 Å². The number of hydrogen-bond acceptors (Lipinski definition) is 3. The fraction of sp³-hybridized carbons (Fsp3) is 0.400. The van der Waals surface area contributed by atoms with Crippen LogP contribution in [0.25, 0.3) is 0 Å². The second-order valence-corrected chi connectivity index (χ2v) is 3.18. The van der Waals surface area contributed by atoms with Crippen LogP contribution in [-0.4, -0.2) is 10.2 Å². The minimum Gasteiger partial charge on any atom is -0.508 e. The van der Waals surface area contributed by atoms with Crippen LogP contribution in [0.5, 0.6) is 11.5 Å². The van der Waals surface area contributed by atoms with E-state index in [9.17, 15) is 10.2 Å². The van der Waals surface area contributed by atoms with E-state index in [1.807, 2.05) is 6.92 Å². The Morgan fingerprint density at radius 2 is 1.77 bits per heavy atom. The van der Waals surface area contributed by atoms with E-state index in [0.29, 0.717) is 0 Å². The zero-order valence-electron chi connectivity index (χ0n) is 7.70. The van der Waals surface area contributed by atoms with Crippen molar-refractivity contribution in [1.82, 2.24) is 0 Å². The van der Waals surface area contributed by atoms with Crippen molar-refractivity contribution in [3.63, 3.8) is 0 Å². The summed E-state index contributed by atoms with van der Waals surface area (Å²) in [4.78, 5) is 0. The van der Waals surface area contributed by atoms with Gasteiger partial charge in [0.2, 0.25) is 0 Å². The summed E-state index contributed by atoms with van der Waals surface area (Å²) in [6, 6.07) is 4.35. The van der Waals surface area contributed by atoms with Gasteiger partial charge in [0, 0.05) is 12.1 Å². The number of aromatic hydroxyl groups is 2. The molecule has 0 saturated carbocycles. The molecule has 0 amide bonds. The van der Waals surface area contributed by atoms with Crippen molar-refractivity contribution in [3.05, 3.63) is 23.8 Å². The lowest BCUT2D eigenvalue weighted by Crippen LogP contribution is -2.09. The lowest BCUT2D eigenvalue weighted by atomic mass is 10.0. The molecule has 0 unspecified atom stereocenters. The molecule has 0 spiro atoms. The first kappa shape index (κ1) is 9.86. The molecular weight excluding hydrogens is 166 g/mol. The summed E-state index contributed by atoms with van der Waals surface area (Å²) >= 11 is 0. The summed E-state index contributed by atoms with van der Waals surface area (Å²) < 4.78 is 0. The predicted molar refractivity (Wildman–Crippen MR) is 51.6 cm³/mol. The molecule has 13 heavy (non-hydrogen) atoms. The average Bonchev–Trinajstić information content (AvgIpc) is 2.03. The van der Waals surface area contributed by atoms with Gasteiger partial charge in [0.15, 0.2) is 0 Å². The van der Waals surface area contributed by atoms with E-state index in [-0.39, 0.29) is 17.5 Å². The van der Waals surface area contributed by atoms with Crippen LogP contribution in [0.15, 0.2) is 18.2 Å². The van der Waals surface area contributed by atoms with Crippen molar-refractivity contribution in [1.29, 1.82) is 0 Å². The fourth-order valence-electron chi connectivity index (χ4n) is 1.31. The maximum absolute atomic E-state index is 9.20. The smallest absolute Gasteiger partial charge is 0.119 e. The lowest BCUT2D eigenvalue weighted by molar-refractivity contribution is 0.447. The number of nitrogens with two attached hydrogens (primary N) is 1. The minimum atomic E-state index is -0.108. The van der Waals surface area contributed by atoms with Crippen LogP contribution in [0.3, 0.4) is 0 Å². The molecule has 0 bridgehead atoms. The highest BCUT2D eigenvalue weighted by Crippen LogP contribution is 2.25. The van der Waals surface area contributed by atoms with Gasteiger partial charge < -0.3 is 15.9 Å². The van der Waals surface area contributed by atoms with Crippen molar-refractivity contribution in [2.24, 2.45) is 5.73 Å². The Balaban J connectivity index is 2.87. The highest BCUT2D eigenvalue weighted by molar-refractivity contribution is 5.37. The van der Waals surface area contributed by atoms with E-state index in [1.54, 1.807) is 12.1 Å². The summed E-state index contributed by atoms with van der Waals surface area (Å²) in [7, 11) is 0. The van der Waals surface area contributed by atoms with Crippen LogP contribution < -0.4 is 5.73 Å². The standard InChI is InChI=1S/C10H15NO2/c1-2-3-10(11)7-4-8(12)6-9(13)5-7/h4-6,10,12-13H,2-3,11H2,1H3/t10-/m0/s1. The van der Waals surface area contributed by atoms with E-state index in [2.05, 4.69) is 0 Å². The topological polar surface area (TPSA) is 66.5 Å². The van der Waals surface area contributed by atoms with Crippen LogP contribution in [0.4, 0.5) is 0 Å². The van der Waals surface area contributed by atoms with Gasteiger partial charge in [-0.25, -0.2) is 0 Å². The van der Waals surface area contributed by atoms with Crippen molar-refractivity contribution < 1.29 is 10.2 Å². The van der Waals surface area contributed by atoms with E-state index >= 15 is 0 Å². The number of rotatable bonds is 3.